The van der Waals surface area contributed by atoms with Crippen LogP contribution in [0.4, 0.5) is 4.39 Å². The van der Waals surface area contributed by atoms with Gasteiger partial charge in [-0.3, -0.25) is 14.8 Å². The zero-order valence-electron chi connectivity index (χ0n) is 17.5. The van der Waals surface area contributed by atoms with Crippen LogP contribution < -0.4 is 10.9 Å². The lowest BCUT2D eigenvalue weighted by Crippen LogP contribution is -2.43. The van der Waals surface area contributed by atoms with E-state index in [2.05, 4.69) is 20.2 Å². The lowest BCUT2D eigenvalue weighted by Gasteiger charge is -2.32. The summed E-state index contributed by atoms with van der Waals surface area (Å²) in [6, 6.07) is 6.71. The molecule has 3 aromatic heterocycles. The third-order valence-electron chi connectivity index (χ3n) is 5.75. The minimum atomic E-state index is -0.443. The van der Waals surface area contributed by atoms with E-state index in [0.717, 1.165) is 38.0 Å². The van der Waals surface area contributed by atoms with E-state index in [1.54, 1.807) is 16.8 Å². The molecule has 0 spiro atoms. The molecular formula is C22H26Cl2FN5O2. The topological polar surface area (TPSA) is 83.3 Å². The molecular weight excluding hydrogens is 456 g/mol. The normalized spacial score (nSPS) is 15.1. The summed E-state index contributed by atoms with van der Waals surface area (Å²) in [6.07, 6.45) is 4.89. The van der Waals surface area contributed by atoms with Crippen molar-refractivity contribution < 1.29 is 9.50 Å². The Hall–Kier alpha value is -2.10. The summed E-state index contributed by atoms with van der Waals surface area (Å²) >= 11 is 6.11. The predicted octanol–water partition coefficient (Wildman–Crippen LogP) is 2.75. The van der Waals surface area contributed by atoms with Crippen LogP contribution in [-0.4, -0.2) is 50.2 Å². The summed E-state index contributed by atoms with van der Waals surface area (Å²) in [6.45, 7) is 3.58. The van der Waals surface area contributed by atoms with Gasteiger partial charge in [0.25, 0.3) is 5.56 Å². The average molecular weight is 482 g/mol. The molecule has 0 unspecified atom stereocenters. The highest BCUT2D eigenvalue weighted by Crippen LogP contribution is 2.17. The Bertz CT molecular complexity index is 1120. The first kappa shape index (κ1) is 24.5. The summed E-state index contributed by atoms with van der Waals surface area (Å²) in [5.74, 6) is -0.443. The molecule has 10 heteroatoms. The zero-order valence-corrected chi connectivity index (χ0v) is 19.1. The van der Waals surface area contributed by atoms with Crippen molar-refractivity contribution >= 4 is 35.0 Å². The van der Waals surface area contributed by atoms with Crippen LogP contribution in [0.5, 0.6) is 0 Å². The maximum absolute atomic E-state index is 13.6. The van der Waals surface area contributed by atoms with Crippen LogP contribution in [0.15, 0.2) is 41.5 Å². The van der Waals surface area contributed by atoms with Crippen molar-refractivity contribution in [1.82, 2.24) is 24.8 Å². The zero-order chi connectivity index (χ0) is 21.8. The second-order valence-electron chi connectivity index (χ2n) is 7.81. The maximum atomic E-state index is 13.6. The Balaban J connectivity index is 0.00000289. The van der Waals surface area contributed by atoms with Gasteiger partial charge in [-0.05, 0) is 43.6 Å². The van der Waals surface area contributed by atoms with Crippen LogP contribution in [0.2, 0.25) is 5.02 Å². The Morgan fingerprint density at radius 1 is 1.16 bits per heavy atom. The van der Waals surface area contributed by atoms with E-state index in [0.29, 0.717) is 40.9 Å². The van der Waals surface area contributed by atoms with Crippen LogP contribution in [0, 0.1) is 5.82 Å². The predicted molar refractivity (Wildman–Crippen MR) is 125 cm³/mol. The first-order valence-electron chi connectivity index (χ1n) is 10.4. The number of likely N-dealkylation sites (tertiary alicyclic amines) is 1. The molecule has 0 aromatic carbocycles. The third kappa shape index (κ3) is 5.82. The van der Waals surface area contributed by atoms with Gasteiger partial charge in [-0.2, -0.15) is 0 Å². The number of fused-ring (bicyclic) bond motifs is 1. The van der Waals surface area contributed by atoms with E-state index < -0.39 is 5.82 Å². The number of halogens is 3. The van der Waals surface area contributed by atoms with Gasteiger partial charge in [0.2, 0.25) is 0 Å². The summed E-state index contributed by atoms with van der Waals surface area (Å²) in [5.41, 5.74) is 2.48. The Morgan fingerprint density at radius 3 is 2.66 bits per heavy atom. The van der Waals surface area contributed by atoms with Crippen LogP contribution >= 0.6 is 24.0 Å². The number of aliphatic hydroxyl groups excluding tert-OH is 1. The van der Waals surface area contributed by atoms with Crippen molar-refractivity contribution in [3.05, 3.63) is 69.1 Å². The number of rotatable bonds is 7. The maximum Gasteiger partial charge on any atom is 0.251 e. The third-order valence-corrected chi connectivity index (χ3v) is 6.08. The molecule has 32 heavy (non-hydrogen) atoms. The second-order valence-corrected chi connectivity index (χ2v) is 8.22. The first-order valence-corrected chi connectivity index (χ1v) is 10.8. The highest BCUT2D eigenvalue weighted by atomic mass is 35.5. The number of piperidine rings is 1. The van der Waals surface area contributed by atoms with Gasteiger partial charge in [-0.25, -0.2) is 4.39 Å². The Labute approximate surface area is 196 Å². The van der Waals surface area contributed by atoms with Crippen LogP contribution in [0.25, 0.3) is 11.0 Å². The molecule has 2 N–H and O–H groups in total. The van der Waals surface area contributed by atoms with Gasteiger partial charge >= 0.3 is 0 Å². The summed E-state index contributed by atoms with van der Waals surface area (Å²) in [7, 11) is 0. The summed E-state index contributed by atoms with van der Waals surface area (Å²) in [4.78, 5) is 22.9. The molecule has 1 aliphatic heterocycles. The van der Waals surface area contributed by atoms with Crippen LogP contribution in [0.3, 0.4) is 0 Å². The van der Waals surface area contributed by atoms with Crippen molar-refractivity contribution in [2.24, 2.45) is 0 Å². The summed E-state index contributed by atoms with van der Waals surface area (Å²) < 4.78 is 15.2. The molecule has 3 aromatic rings. The largest absolute Gasteiger partial charge is 0.390 e. The molecule has 0 bridgehead atoms. The molecule has 1 fully saturated rings. The van der Waals surface area contributed by atoms with E-state index in [-0.39, 0.29) is 24.6 Å². The van der Waals surface area contributed by atoms with Gasteiger partial charge in [0, 0.05) is 44.0 Å². The van der Waals surface area contributed by atoms with E-state index in [9.17, 15) is 9.18 Å². The minimum absolute atomic E-state index is 0. The Morgan fingerprint density at radius 2 is 1.94 bits per heavy atom. The molecule has 0 amide bonds. The molecule has 7 nitrogen and oxygen atoms in total. The lowest BCUT2D eigenvalue weighted by molar-refractivity contribution is 0.191. The van der Waals surface area contributed by atoms with Gasteiger partial charge in [-0.1, -0.05) is 11.6 Å². The van der Waals surface area contributed by atoms with Gasteiger partial charge in [0.1, 0.15) is 5.82 Å². The molecule has 4 heterocycles. The van der Waals surface area contributed by atoms with Gasteiger partial charge in [0.15, 0.2) is 0 Å². The fourth-order valence-electron chi connectivity index (χ4n) is 3.96. The number of aliphatic hydroxyl groups is 1. The quantitative estimate of drug-likeness (QED) is 0.539. The van der Waals surface area contributed by atoms with Crippen molar-refractivity contribution in [3.63, 3.8) is 0 Å². The minimum Gasteiger partial charge on any atom is -0.390 e. The van der Waals surface area contributed by atoms with E-state index >= 15 is 0 Å². The standard InChI is InChI=1S/C22H25ClFN5O2.ClH/c23-18-9-15(12-26-20(18)14-30)11-25-17-3-5-28(6-4-17)7-8-29-21-10-16(24)13-27-19(21)1-2-22(29)31;/h1-2,9-10,12-13,17,25,30H,3-8,11,14H2;1H. The van der Waals surface area contributed by atoms with Crippen molar-refractivity contribution in [2.75, 3.05) is 19.6 Å². The number of hydrogen-bond acceptors (Lipinski definition) is 6. The van der Waals surface area contributed by atoms with E-state index in [1.807, 2.05) is 6.07 Å². The smallest absolute Gasteiger partial charge is 0.251 e. The molecule has 0 atom stereocenters. The fraction of sp³-hybridized carbons (Fsp3) is 0.409. The van der Waals surface area contributed by atoms with Gasteiger partial charge < -0.3 is 19.9 Å². The van der Waals surface area contributed by atoms with Crippen molar-refractivity contribution in [3.8, 4) is 0 Å². The van der Waals surface area contributed by atoms with E-state index in [1.165, 1.54) is 18.3 Å². The SMILES string of the molecule is Cl.O=c1ccc2ncc(F)cc2n1CCN1CCC(NCc2cnc(CO)c(Cl)c2)CC1. The van der Waals surface area contributed by atoms with Crippen molar-refractivity contribution in [1.29, 1.82) is 0 Å². The van der Waals surface area contributed by atoms with Gasteiger partial charge in [-0.15, -0.1) is 12.4 Å². The second kappa shape index (κ2) is 11.2. The fourth-order valence-corrected chi connectivity index (χ4v) is 4.21. The molecule has 1 aliphatic rings. The number of nitrogens with zero attached hydrogens (tertiary/aromatic N) is 4. The molecule has 172 valence electrons. The molecule has 0 saturated carbocycles. The van der Waals surface area contributed by atoms with Crippen LogP contribution in [-0.2, 0) is 19.7 Å². The van der Waals surface area contributed by atoms with Crippen LogP contribution in [0.1, 0.15) is 24.1 Å². The lowest BCUT2D eigenvalue weighted by atomic mass is 10.0. The molecule has 0 radical (unpaired) electrons. The highest BCUT2D eigenvalue weighted by Gasteiger charge is 2.19. The Kier molecular flexibility index (Phi) is 8.56. The van der Waals surface area contributed by atoms with Crippen molar-refractivity contribution in [2.45, 2.75) is 38.6 Å². The van der Waals surface area contributed by atoms with Gasteiger partial charge in [0.05, 0.1) is 34.6 Å². The highest BCUT2D eigenvalue weighted by molar-refractivity contribution is 6.31. The average Bonchev–Trinajstić information content (AvgIpc) is 2.78. The number of aromatic nitrogens is 3. The monoisotopic (exact) mass is 481 g/mol. The molecule has 0 aliphatic carbocycles. The molecule has 4 rings (SSSR count). The number of pyridine rings is 3. The van der Waals surface area contributed by atoms with E-state index in [4.69, 9.17) is 16.7 Å². The number of hydrogen-bond donors (Lipinski definition) is 2. The summed E-state index contributed by atoms with van der Waals surface area (Å²) in [5, 5.41) is 13.2. The molecule has 1 saturated heterocycles. The number of nitrogens with one attached hydrogen (secondary N) is 1. The first-order chi connectivity index (χ1) is 15.0.